The molecule has 1 saturated carbocycles. The Balaban J connectivity index is 1.85. The van der Waals surface area contributed by atoms with Crippen LogP contribution in [0.15, 0.2) is 46.6 Å². The Morgan fingerprint density at radius 2 is 1.77 bits per heavy atom. The molecular formula is C24H27ClF3N5O2. The third-order valence-corrected chi connectivity index (χ3v) is 6.33. The van der Waals surface area contributed by atoms with Crippen LogP contribution in [0.2, 0.25) is 5.02 Å². The molecule has 0 aliphatic heterocycles. The Morgan fingerprint density at radius 1 is 1.11 bits per heavy atom. The lowest BCUT2D eigenvalue weighted by molar-refractivity contribution is 0.100. The minimum atomic E-state index is -1.07. The van der Waals surface area contributed by atoms with Crippen molar-refractivity contribution in [3.63, 3.8) is 0 Å². The fraction of sp³-hybridized carbons (Fsp3) is 0.417. The number of carbonyl (C=O) groups excluding carboxylic acids is 1. The second-order valence-electron chi connectivity index (χ2n) is 8.83. The van der Waals surface area contributed by atoms with Crippen molar-refractivity contribution in [3.05, 3.63) is 74.9 Å². The maximum absolute atomic E-state index is 13.9. The molecule has 11 heteroatoms. The van der Waals surface area contributed by atoms with Gasteiger partial charge in [-0.15, -0.1) is 0 Å². The number of aliphatic imine (C=N–C) groups is 1. The number of nitrogens with zero attached hydrogens (tertiary/aromatic N) is 2. The van der Waals surface area contributed by atoms with Crippen molar-refractivity contribution in [2.45, 2.75) is 56.8 Å². The fourth-order valence-corrected chi connectivity index (χ4v) is 4.22. The lowest BCUT2D eigenvalue weighted by Crippen LogP contribution is -2.55. The number of guanidine groups is 1. The van der Waals surface area contributed by atoms with Crippen molar-refractivity contribution in [2.24, 2.45) is 10.2 Å². The van der Waals surface area contributed by atoms with Crippen LogP contribution >= 0.6 is 11.6 Å². The Kier molecular flexibility index (Phi) is 8.85. The first-order valence-corrected chi connectivity index (χ1v) is 11.6. The predicted octanol–water partition coefficient (Wildman–Crippen LogP) is 5.21. The molecule has 3 rings (SSSR count). The van der Waals surface area contributed by atoms with Gasteiger partial charge < -0.3 is 16.0 Å². The Bertz CT molecular complexity index is 1090. The van der Waals surface area contributed by atoms with E-state index in [1.807, 2.05) is 6.92 Å². The molecule has 0 saturated heterocycles. The number of carbonyl (C=O) groups is 1. The fourth-order valence-electron chi connectivity index (χ4n) is 4.10. The molecule has 0 spiro atoms. The van der Waals surface area contributed by atoms with Crippen molar-refractivity contribution < 1.29 is 18.0 Å². The second-order valence-corrected chi connectivity index (χ2v) is 9.24. The van der Waals surface area contributed by atoms with Crippen molar-refractivity contribution in [2.75, 3.05) is 7.05 Å². The molecule has 0 radical (unpaired) electrons. The van der Waals surface area contributed by atoms with E-state index in [1.165, 1.54) is 12.1 Å². The van der Waals surface area contributed by atoms with Crippen molar-refractivity contribution in [3.8, 4) is 0 Å². The third kappa shape index (κ3) is 7.25. The highest BCUT2D eigenvalue weighted by atomic mass is 35.5. The number of hydrogen-bond acceptors (Lipinski definition) is 4. The lowest BCUT2D eigenvalue weighted by Gasteiger charge is -2.30. The summed E-state index contributed by atoms with van der Waals surface area (Å²) in [6.45, 7) is 2.00. The maximum Gasteiger partial charge on any atom is 0.280 e. The summed E-state index contributed by atoms with van der Waals surface area (Å²) in [5.41, 5.74) is -0.237. The maximum atomic E-state index is 13.9. The van der Waals surface area contributed by atoms with Crippen LogP contribution in [0, 0.1) is 22.4 Å². The zero-order chi connectivity index (χ0) is 25.6. The summed E-state index contributed by atoms with van der Waals surface area (Å²) in [7, 11) is 1.61. The molecule has 2 atom stereocenters. The number of halogens is 4. The van der Waals surface area contributed by atoms with E-state index in [-0.39, 0.29) is 34.1 Å². The summed E-state index contributed by atoms with van der Waals surface area (Å²) in [6, 6.07) is 5.38. The average molecular weight is 510 g/mol. The average Bonchev–Trinajstić information content (AvgIpc) is 3.23. The molecule has 2 unspecified atom stereocenters. The number of rotatable bonds is 8. The van der Waals surface area contributed by atoms with Crippen LogP contribution in [0.3, 0.4) is 0 Å². The van der Waals surface area contributed by atoms with Crippen LogP contribution in [-0.4, -0.2) is 30.6 Å². The molecule has 3 N–H and O–H groups in total. The van der Waals surface area contributed by atoms with Crippen LogP contribution in [0.4, 0.5) is 13.2 Å². The summed E-state index contributed by atoms with van der Waals surface area (Å²) < 4.78 is 41.2. The number of nitroso groups, excluding NO2 is 1. The monoisotopic (exact) mass is 509 g/mol. The van der Waals surface area contributed by atoms with Crippen LogP contribution in [0.25, 0.3) is 0 Å². The molecule has 1 amide bonds. The van der Waals surface area contributed by atoms with Crippen molar-refractivity contribution in [1.29, 1.82) is 0 Å². The number of nitrogens with one attached hydrogen (secondary N) is 3. The highest BCUT2D eigenvalue weighted by Gasteiger charge is 2.31. The molecule has 1 fully saturated rings. The molecule has 7 nitrogen and oxygen atoms in total. The standard InChI is InChI=1S/C24H27ClF3N5O2/c1-24(7-3-4-8-24)32-23(31-22(34)14-5-6-18(25)19(28)11-14)30-21(29-2)13-20(33-35)15-9-16(26)12-17(27)10-15/h5-6,9-12,20-21,29H,3-4,7-8,13H2,1-2H3,(H2,30,31,32,34). The third-order valence-electron chi connectivity index (χ3n) is 6.02. The molecule has 0 heterocycles. The van der Waals surface area contributed by atoms with E-state index in [2.05, 4.69) is 26.1 Å². The summed E-state index contributed by atoms with van der Waals surface area (Å²) in [6.07, 6.45) is 3.06. The normalized spacial score (nSPS) is 17.0. The van der Waals surface area contributed by atoms with Gasteiger partial charge >= 0.3 is 0 Å². The van der Waals surface area contributed by atoms with E-state index >= 15 is 0 Å². The topological polar surface area (TPSA) is 94.9 Å². The van der Waals surface area contributed by atoms with E-state index in [9.17, 15) is 22.9 Å². The number of amides is 1. The van der Waals surface area contributed by atoms with Crippen LogP contribution in [-0.2, 0) is 0 Å². The van der Waals surface area contributed by atoms with E-state index in [4.69, 9.17) is 11.6 Å². The predicted molar refractivity (Wildman–Crippen MR) is 129 cm³/mol. The largest absolute Gasteiger partial charge is 0.351 e. The van der Waals surface area contributed by atoms with E-state index in [1.54, 1.807) is 7.05 Å². The van der Waals surface area contributed by atoms with Gasteiger partial charge in [-0.25, -0.2) is 13.2 Å². The molecule has 1 aliphatic rings. The molecule has 2 aromatic rings. The van der Waals surface area contributed by atoms with Crippen LogP contribution in [0.5, 0.6) is 0 Å². The first kappa shape index (κ1) is 26.6. The first-order valence-electron chi connectivity index (χ1n) is 11.2. The molecule has 0 bridgehead atoms. The van der Waals surface area contributed by atoms with E-state index in [0.29, 0.717) is 6.07 Å². The minimum Gasteiger partial charge on any atom is -0.351 e. The molecular weight excluding hydrogens is 483 g/mol. The zero-order valence-corrected chi connectivity index (χ0v) is 20.1. The van der Waals surface area contributed by atoms with Crippen molar-refractivity contribution >= 4 is 23.5 Å². The molecule has 1 aliphatic carbocycles. The van der Waals surface area contributed by atoms with Gasteiger partial charge in [0.1, 0.15) is 23.5 Å². The van der Waals surface area contributed by atoms with Gasteiger partial charge in [-0.2, -0.15) is 9.90 Å². The Hall–Kier alpha value is -2.98. The minimum absolute atomic E-state index is 0.00404. The number of benzene rings is 2. The summed E-state index contributed by atoms with van der Waals surface area (Å²) >= 11 is 5.71. The van der Waals surface area contributed by atoms with Gasteiger partial charge in [0.2, 0.25) is 5.96 Å². The van der Waals surface area contributed by atoms with Crippen LogP contribution < -0.4 is 16.0 Å². The van der Waals surface area contributed by atoms with Gasteiger partial charge in [0, 0.05) is 23.6 Å². The summed E-state index contributed by atoms with van der Waals surface area (Å²) in [5.74, 6) is -2.97. The molecule has 0 aromatic heterocycles. The van der Waals surface area contributed by atoms with Gasteiger partial charge in [-0.3, -0.25) is 4.79 Å². The summed E-state index contributed by atoms with van der Waals surface area (Å²) in [5, 5.41) is 12.2. The number of hydrogen-bond donors (Lipinski definition) is 3. The smallest absolute Gasteiger partial charge is 0.280 e. The van der Waals surface area contributed by atoms with Gasteiger partial charge in [-0.1, -0.05) is 29.6 Å². The second kappa shape index (κ2) is 11.6. The van der Waals surface area contributed by atoms with Gasteiger partial charge in [0.05, 0.1) is 11.2 Å². The van der Waals surface area contributed by atoms with E-state index < -0.39 is 35.6 Å². The molecule has 2 aromatic carbocycles. The zero-order valence-electron chi connectivity index (χ0n) is 19.4. The Morgan fingerprint density at radius 3 is 2.34 bits per heavy atom. The Labute approximate surface area is 206 Å². The molecule has 35 heavy (non-hydrogen) atoms. The lowest BCUT2D eigenvalue weighted by atomic mass is 10.0. The van der Waals surface area contributed by atoms with E-state index in [0.717, 1.165) is 43.9 Å². The van der Waals surface area contributed by atoms with Crippen molar-refractivity contribution in [1.82, 2.24) is 16.0 Å². The highest BCUT2D eigenvalue weighted by Crippen LogP contribution is 2.29. The SMILES string of the molecule is CNC(CC(N=O)c1cc(F)cc(F)c1)N/C(=N\C(=O)c1ccc(Cl)c(F)c1)NC1(C)CCCC1. The first-order chi connectivity index (χ1) is 16.6. The molecule has 188 valence electrons. The van der Waals surface area contributed by atoms with Gasteiger partial charge in [0.15, 0.2) is 0 Å². The van der Waals surface area contributed by atoms with Crippen LogP contribution in [0.1, 0.15) is 61.0 Å². The highest BCUT2D eigenvalue weighted by molar-refractivity contribution is 6.30. The van der Waals surface area contributed by atoms with Gasteiger partial charge in [-0.05, 0) is 62.7 Å². The quantitative estimate of drug-likeness (QED) is 0.196. The van der Waals surface area contributed by atoms with Gasteiger partial charge in [0.25, 0.3) is 5.91 Å². The summed E-state index contributed by atoms with van der Waals surface area (Å²) in [4.78, 5) is 28.4.